The van der Waals surface area contributed by atoms with Gasteiger partial charge in [0.2, 0.25) is 9.84 Å². The molecule has 5 aliphatic rings. The number of hydrogen-bond acceptors (Lipinski definition) is 4. The van der Waals surface area contributed by atoms with Gasteiger partial charge in [-0.3, -0.25) is 0 Å². The summed E-state index contributed by atoms with van der Waals surface area (Å²) in [6.45, 7) is 0. The summed E-state index contributed by atoms with van der Waals surface area (Å²) in [7, 11) is -3.78. The van der Waals surface area contributed by atoms with E-state index in [0.717, 1.165) is 51.0 Å². The number of hydrogen-bond donors (Lipinski definition) is 0. The zero-order valence-corrected chi connectivity index (χ0v) is 32.0. The fourth-order valence-electron chi connectivity index (χ4n) is 11.9. The first-order valence-electron chi connectivity index (χ1n) is 19.8. The quantitative estimate of drug-likeness (QED) is 0.180. The Morgan fingerprint density at radius 2 is 1.18 bits per heavy atom. The van der Waals surface area contributed by atoms with E-state index in [1.54, 1.807) is 0 Å². The van der Waals surface area contributed by atoms with E-state index in [-0.39, 0.29) is 5.41 Å². The highest BCUT2D eigenvalue weighted by atomic mass is 32.2. The van der Waals surface area contributed by atoms with Gasteiger partial charge in [-0.1, -0.05) is 103 Å². The third-order valence-corrected chi connectivity index (χ3v) is 16.9. The predicted molar refractivity (Wildman–Crippen MR) is 227 cm³/mol. The molecule has 0 radical (unpaired) electrons. The van der Waals surface area contributed by atoms with E-state index in [9.17, 15) is 8.42 Å². The lowest BCUT2D eigenvalue weighted by Gasteiger charge is -2.63. The van der Waals surface area contributed by atoms with E-state index >= 15 is 0 Å². The highest BCUT2D eigenvalue weighted by Gasteiger charge is 2.62. The van der Waals surface area contributed by atoms with Gasteiger partial charge in [0.25, 0.3) is 0 Å². The predicted octanol–water partition coefficient (Wildman–Crippen LogP) is 13.2. The minimum atomic E-state index is -3.78. The number of thiophene rings is 1. The van der Waals surface area contributed by atoms with Crippen molar-refractivity contribution in [1.82, 2.24) is 0 Å². The summed E-state index contributed by atoms with van der Waals surface area (Å²) in [5.41, 5.74) is 7.00. The molecule has 0 saturated heterocycles. The summed E-state index contributed by atoms with van der Waals surface area (Å²) in [5.74, 6) is 2.48. The smallest absolute Gasteiger partial charge is 0.207 e. The lowest BCUT2D eigenvalue weighted by molar-refractivity contribution is -0.0446. The fourth-order valence-corrected chi connectivity index (χ4v) is 14.9. The van der Waals surface area contributed by atoms with E-state index in [1.165, 1.54) is 63.2 Å². The lowest BCUT2D eigenvalue weighted by Crippen LogP contribution is -2.57. The van der Waals surface area contributed by atoms with Crippen LogP contribution in [0.5, 0.6) is 0 Å². The average molecular weight is 750 g/mol. The van der Waals surface area contributed by atoms with Crippen LogP contribution < -0.4 is 4.90 Å². The summed E-state index contributed by atoms with van der Waals surface area (Å²) >= 11 is 1.84. The first-order valence-corrected chi connectivity index (χ1v) is 22.1. The van der Waals surface area contributed by atoms with Crippen molar-refractivity contribution in [2.75, 3.05) is 4.90 Å². The van der Waals surface area contributed by atoms with Crippen molar-refractivity contribution in [3.05, 3.63) is 163 Å². The van der Waals surface area contributed by atoms with Crippen molar-refractivity contribution in [2.24, 2.45) is 23.7 Å². The molecule has 8 aromatic rings. The van der Waals surface area contributed by atoms with Crippen LogP contribution >= 0.6 is 11.3 Å². The molecule has 4 fully saturated rings. The second-order valence-corrected chi connectivity index (χ2v) is 19.5. The molecular formula is C50H39NO2S2. The molecule has 0 unspecified atom stereocenters. The van der Waals surface area contributed by atoms with Gasteiger partial charge in [0.05, 0.1) is 9.79 Å². The third kappa shape index (κ3) is 4.51. The van der Waals surface area contributed by atoms with Gasteiger partial charge in [-0.05, 0) is 137 Å². The number of benzene rings is 7. The van der Waals surface area contributed by atoms with Crippen LogP contribution in [0.3, 0.4) is 0 Å². The zero-order valence-electron chi connectivity index (χ0n) is 30.4. The molecule has 0 atom stereocenters. The Hall–Kier alpha value is -5.23. The van der Waals surface area contributed by atoms with Crippen LogP contribution in [0.15, 0.2) is 161 Å². The van der Waals surface area contributed by atoms with Gasteiger partial charge in [0.15, 0.2) is 0 Å². The molecule has 0 amide bonds. The fraction of sp³-hybridized carbons (Fsp3) is 0.200. The molecule has 1 aliphatic heterocycles. The largest absolute Gasteiger partial charge is 0.310 e. The van der Waals surface area contributed by atoms with E-state index < -0.39 is 9.84 Å². The lowest BCUT2D eigenvalue weighted by atomic mass is 9.42. The average Bonchev–Trinajstić information content (AvgIpc) is 3.60. The van der Waals surface area contributed by atoms with Crippen LogP contribution in [0.2, 0.25) is 0 Å². The number of sulfone groups is 1. The van der Waals surface area contributed by atoms with Crippen LogP contribution in [0.1, 0.15) is 43.2 Å². The first kappa shape index (κ1) is 32.1. The maximum atomic E-state index is 15.0. The van der Waals surface area contributed by atoms with Crippen LogP contribution in [0.4, 0.5) is 17.1 Å². The summed E-state index contributed by atoms with van der Waals surface area (Å²) in [6, 6.07) is 53.5. The summed E-state index contributed by atoms with van der Waals surface area (Å²) in [5, 5.41) is 4.87. The Balaban J connectivity index is 1.07. The second kappa shape index (κ2) is 11.6. The van der Waals surface area contributed by atoms with Crippen molar-refractivity contribution in [1.29, 1.82) is 0 Å². The van der Waals surface area contributed by atoms with E-state index in [2.05, 4.69) is 138 Å². The van der Waals surface area contributed by atoms with Crippen LogP contribution in [0, 0.1) is 23.7 Å². The first-order chi connectivity index (χ1) is 27.0. The Labute approximate surface area is 325 Å². The van der Waals surface area contributed by atoms with Crippen LogP contribution in [-0.2, 0) is 15.3 Å². The van der Waals surface area contributed by atoms with Crippen molar-refractivity contribution in [3.63, 3.8) is 0 Å². The maximum Gasteiger partial charge on any atom is 0.207 e. The molecular weight excluding hydrogens is 711 g/mol. The van der Waals surface area contributed by atoms with Crippen molar-refractivity contribution in [2.45, 2.75) is 47.3 Å². The number of rotatable bonds is 4. The zero-order chi connectivity index (χ0) is 36.5. The molecule has 4 bridgehead atoms. The van der Waals surface area contributed by atoms with Gasteiger partial charge < -0.3 is 4.90 Å². The highest BCUT2D eigenvalue weighted by molar-refractivity contribution is 7.91. The topological polar surface area (TPSA) is 37.4 Å². The number of anilines is 3. The second-order valence-electron chi connectivity index (χ2n) is 16.6. The van der Waals surface area contributed by atoms with Gasteiger partial charge in [0.1, 0.15) is 0 Å². The third-order valence-electron chi connectivity index (χ3n) is 13.8. The molecule has 0 N–H and O–H groups in total. The summed E-state index contributed by atoms with van der Waals surface area (Å²) < 4.78 is 32.5. The molecule has 4 aliphatic carbocycles. The number of nitrogens with zero attached hydrogens (tertiary/aromatic N) is 1. The minimum absolute atomic E-state index is 0.264. The van der Waals surface area contributed by atoms with Crippen LogP contribution in [-0.4, -0.2) is 8.42 Å². The van der Waals surface area contributed by atoms with Gasteiger partial charge in [0, 0.05) is 42.6 Å². The molecule has 55 heavy (non-hydrogen) atoms. The summed E-state index contributed by atoms with van der Waals surface area (Å²) in [6.07, 6.45) is 6.15. The molecule has 13 rings (SSSR count). The van der Waals surface area contributed by atoms with Crippen molar-refractivity contribution < 1.29 is 8.42 Å². The van der Waals surface area contributed by atoms with Gasteiger partial charge in [-0.15, -0.1) is 11.3 Å². The molecule has 4 saturated carbocycles. The van der Waals surface area contributed by atoms with Crippen molar-refractivity contribution >= 4 is 69.2 Å². The van der Waals surface area contributed by atoms with Crippen molar-refractivity contribution in [3.8, 4) is 11.1 Å². The Morgan fingerprint density at radius 3 is 2.04 bits per heavy atom. The van der Waals surface area contributed by atoms with Gasteiger partial charge in [-0.2, -0.15) is 0 Å². The normalized spacial score (nSPS) is 24.4. The SMILES string of the molecule is O=S1(=O)c2ccccc2C2(c3ccc(N(c4cccc(-c5cccc6c5sc5ccccc56)c4)c4ccc5ccccc5c4)cc31)C1CC3CC(C1)CC2C3. The van der Waals surface area contributed by atoms with Gasteiger partial charge in [-0.25, -0.2) is 8.42 Å². The maximum absolute atomic E-state index is 15.0. The van der Waals surface area contributed by atoms with Crippen LogP contribution in [0.25, 0.3) is 42.1 Å². The Morgan fingerprint density at radius 1 is 0.527 bits per heavy atom. The molecule has 7 aromatic carbocycles. The molecule has 2 heterocycles. The summed E-state index contributed by atoms with van der Waals surface area (Å²) in [4.78, 5) is 3.27. The molecule has 3 nitrogen and oxygen atoms in total. The van der Waals surface area contributed by atoms with E-state index in [0.29, 0.717) is 21.6 Å². The molecule has 268 valence electrons. The standard InChI is InChI=1S/C50H39NO2S2/c52-55(53)47-18-6-4-16-44(47)50(36-24-31-23-32(26-36)27-37(50)25-31)45-22-21-40(30-48(45)55)51(39-20-19-33-9-1-2-10-34(33)28-39)38-12-7-11-35(29-38)41-14-8-15-43-42-13-3-5-17-46(42)54-49(41)43/h1-22,28-32,36-37H,23-27H2. The Kier molecular flexibility index (Phi) is 6.79. The molecule has 1 spiro atoms. The number of fused-ring (bicyclic) bond motifs is 6. The highest BCUT2D eigenvalue weighted by Crippen LogP contribution is 2.68. The van der Waals surface area contributed by atoms with E-state index in [4.69, 9.17) is 0 Å². The monoisotopic (exact) mass is 749 g/mol. The van der Waals surface area contributed by atoms with E-state index in [1.807, 2.05) is 29.5 Å². The minimum Gasteiger partial charge on any atom is -0.310 e. The van der Waals surface area contributed by atoms with Gasteiger partial charge >= 0.3 is 0 Å². The molecule has 5 heteroatoms. The Bertz CT molecular complexity index is 2970. The molecule has 1 aromatic heterocycles.